The molecule has 2 atom stereocenters. The van der Waals surface area contributed by atoms with E-state index in [1.807, 2.05) is 6.07 Å². The van der Waals surface area contributed by atoms with Crippen LogP contribution in [0.3, 0.4) is 0 Å². The molecule has 0 radical (unpaired) electrons. The first kappa shape index (κ1) is 20.1. The van der Waals surface area contributed by atoms with Crippen LogP contribution in [0.1, 0.15) is 44.7 Å². The number of aromatic hydroxyl groups is 1. The van der Waals surface area contributed by atoms with Crippen LogP contribution >= 0.6 is 0 Å². The molecule has 4 rings (SSSR count). The van der Waals surface area contributed by atoms with Gasteiger partial charge in [0.2, 0.25) is 0 Å². The van der Waals surface area contributed by atoms with Crippen LogP contribution in [-0.2, 0) is 11.8 Å². The van der Waals surface area contributed by atoms with Crippen LogP contribution in [-0.4, -0.2) is 35.7 Å². The van der Waals surface area contributed by atoms with Crippen molar-refractivity contribution in [2.24, 2.45) is 5.41 Å². The van der Waals surface area contributed by atoms with Crippen molar-refractivity contribution in [3.8, 4) is 11.5 Å². The number of hydrogen-bond donors (Lipinski definition) is 1. The van der Waals surface area contributed by atoms with E-state index in [0.29, 0.717) is 18.2 Å². The van der Waals surface area contributed by atoms with Crippen molar-refractivity contribution in [2.45, 2.75) is 51.5 Å². The summed E-state index contributed by atoms with van der Waals surface area (Å²) in [4.78, 5) is 2.46. The Hall–Kier alpha value is -2.14. The van der Waals surface area contributed by atoms with Crippen molar-refractivity contribution >= 4 is 0 Å². The summed E-state index contributed by atoms with van der Waals surface area (Å²) in [6.07, 6.45) is 2.51. The molecule has 1 aliphatic heterocycles. The van der Waals surface area contributed by atoms with E-state index in [2.05, 4.69) is 31.7 Å². The summed E-state index contributed by atoms with van der Waals surface area (Å²) in [5.74, 6) is -1.25. The second-order valence-corrected chi connectivity index (χ2v) is 9.12. The van der Waals surface area contributed by atoms with Gasteiger partial charge in [-0.25, -0.2) is 8.78 Å². The first-order chi connectivity index (χ1) is 13.8. The van der Waals surface area contributed by atoms with Crippen molar-refractivity contribution in [2.75, 3.05) is 19.7 Å². The van der Waals surface area contributed by atoms with Crippen LogP contribution in [0.2, 0.25) is 0 Å². The second kappa shape index (κ2) is 7.28. The number of phenols is 1. The van der Waals surface area contributed by atoms with Crippen molar-refractivity contribution < 1.29 is 18.6 Å². The summed E-state index contributed by atoms with van der Waals surface area (Å²) in [5, 5.41) is 10.5. The van der Waals surface area contributed by atoms with Gasteiger partial charge in [-0.05, 0) is 60.5 Å². The van der Waals surface area contributed by atoms with Crippen molar-refractivity contribution in [1.29, 1.82) is 0 Å². The summed E-state index contributed by atoms with van der Waals surface area (Å²) in [6.45, 7) is 8.99. The number of likely N-dealkylation sites (tertiary alicyclic amines) is 1. The fourth-order valence-electron chi connectivity index (χ4n) is 5.36. The Morgan fingerprint density at radius 2 is 1.79 bits per heavy atom. The van der Waals surface area contributed by atoms with E-state index in [1.165, 1.54) is 23.8 Å². The van der Waals surface area contributed by atoms with Crippen molar-refractivity contribution in [1.82, 2.24) is 4.90 Å². The number of rotatable bonds is 5. The second-order valence-electron chi connectivity index (χ2n) is 9.12. The number of benzene rings is 2. The molecule has 1 N–H and O–H groups in total. The number of fused-ring (bicyclic) bond motifs is 4. The standard InChI is InChI=1S/C24H29F2NO2/c1-23(2)21-15-16-17(7-4-10-20(16)28)24(23,3)11-13-27(21)12-6-14-29-22-18(25)8-5-9-19(22)26/h4-5,7-10,21,28H,6,11-15H2,1-3H3/t21-,24+/m1/s1. The maximum Gasteiger partial charge on any atom is 0.190 e. The normalized spacial score (nSPS) is 25.5. The predicted octanol–water partition coefficient (Wildman–Crippen LogP) is 5.05. The number of piperidine rings is 1. The van der Waals surface area contributed by atoms with Crippen LogP contribution in [0.4, 0.5) is 8.78 Å². The summed E-state index contributed by atoms with van der Waals surface area (Å²) in [5.41, 5.74) is 2.39. The number of ether oxygens (including phenoxy) is 1. The molecule has 2 aliphatic rings. The molecule has 1 heterocycles. The smallest absolute Gasteiger partial charge is 0.190 e. The molecule has 3 nitrogen and oxygen atoms in total. The zero-order chi connectivity index (χ0) is 20.8. The molecule has 0 unspecified atom stereocenters. The monoisotopic (exact) mass is 401 g/mol. The minimum absolute atomic E-state index is 0.00723. The Balaban J connectivity index is 1.47. The molecular formula is C24H29F2NO2. The number of para-hydroxylation sites is 1. The summed E-state index contributed by atoms with van der Waals surface area (Å²) < 4.78 is 32.8. The number of nitrogens with zero attached hydrogens (tertiary/aromatic N) is 1. The van der Waals surface area contributed by atoms with Gasteiger partial charge in [0.25, 0.3) is 0 Å². The number of halogens is 2. The molecule has 0 aromatic heterocycles. The topological polar surface area (TPSA) is 32.7 Å². The molecule has 156 valence electrons. The average Bonchev–Trinajstić information content (AvgIpc) is 2.66. The third kappa shape index (κ3) is 3.20. The van der Waals surface area contributed by atoms with Crippen LogP contribution in [0.25, 0.3) is 0 Å². The van der Waals surface area contributed by atoms with Gasteiger partial charge in [-0.1, -0.05) is 39.0 Å². The minimum Gasteiger partial charge on any atom is -0.508 e. The fourth-order valence-corrected chi connectivity index (χ4v) is 5.36. The van der Waals surface area contributed by atoms with E-state index in [0.717, 1.165) is 31.5 Å². The lowest BCUT2D eigenvalue weighted by molar-refractivity contribution is -0.0397. The summed E-state index contributed by atoms with van der Waals surface area (Å²) in [6, 6.07) is 9.93. The molecule has 1 fully saturated rings. The largest absolute Gasteiger partial charge is 0.508 e. The molecular weight excluding hydrogens is 372 g/mol. The van der Waals surface area contributed by atoms with Gasteiger partial charge in [0, 0.05) is 18.0 Å². The van der Waals surface area contributed by atoms with Crippen LogP contribution < -0.4 is 4.74 Å². The predicted molar refractivity (Wildman–Crippen MR) is 109 cm³/mol. The zero-order valence-corrected chi connectivity index (χ0v) is 17.3. The van der Waals surface area contributed by atoms with Crippen molar-refractivity contribution in [3.63, 3.8) is 0 Å². The number of hydrogen-bond acceptors (Lipinski definition) is 3. The van der Waals surface area contributed by atoms with Gasteiger partial charge in [-0.15, -0.1) is 0 Å². The van der Waals surface area contributed by atoms with Gasteiger partial charge in [-0.2, -0.15) is 0 Å². The average molecular weight is 401 g/mol. The van der Waals surface area contributed by atoms with E-state index in [4.69, 9.17) is 4.74 Å². The van der Waals surface area contributed by atoms with Gasteiger partial charge in [0.05, 0.1) is 6.61 Å². The Bertz CT molecular complexity index is 893. The van der Waals surface area contributed by atoms with Gasteiger partial charge in [0.15, 0.2) is 17.4 Å². The molecule has 29 heavy (non-hydrogen) atoms. The lowest BCUT2D eigenvalue weighted by atomic mass is 9.51. The molecule has 2 aromatic carbocycles. The molecule has 1 saturated heterocycles. The highest BCUT2D eigenvalue weighted by Gasteiger charge is 2.56. The van der Waals surface area contributed by atoms with E-state index >= 15 is 0 Å². The van der Waals surface area contributed by atoms with Gasteiger partial charge in [-0.3, -0.25) is 4.90 Å². The van der Waals surface area contributed by atoms with Crippen LogP contribution in [0, 0.1) is 17.0 Å². The fraction of sp³-hybridized carbons (Fsp3) is 0.500. The minimum atomic E-state index is -0.667. The lowest BCUT2D eigenvalue weighted by Gasteiger charge is -2.61. The molecule has 0 saturated carbocycles. The quantitative estimate of drug-likeness (QED) is 0.712. The highest BCUT2D eigenvalue weighted by Crippen LogP contribution is 2.57. The van der Waals surface area contributed by atoms with Crippen LogP contribution in [0.15, 0.2) is 36.4 Å². The van der Waals surface area contributed by atoms with Crippen molar-refractivity contribution in [3.05, 3.63) is 59.2 Å². The van der Waals surface area contributed by atoms with Gasteiger partial charge in [0.1, 0.15) is 5.75 Å². The molecule has 0 spiro atoms. The Kier molecular flexibility index (Phi) is 5.06. The van der Waals surface area contributed by atoms with Crippen LogP contribution in [0.5, 0.6) is 11.5 Å². The highest BCUT2D eigenvalue weighted by molar-refractivity contribution is 5.48. The Morgan fingerprint density at radius 3 is 2.52 bits per heavy atom. The summed E-state index contributed by atoms with van der Waals surface area (Å²) >= 11 is 0. The van der Waals surface area contributed by atoms with E-state index in [9.17, 15) is 13.9 Å². The lowest BCUT2D eigenvalue weighted by Crippen LogP contribution is -2.63. The third-order valence-corrected chi connectivity index (χ3v) is 7.49. The van der Waals surface area contributed by atoms with E-state index < -0.39 is 11.6 Å². The zero-order valence-electron chi connectivity index (χ0n) is 17.3. The van der Waals surface area contributed by atoms with E-state index in [-0.39, 0.29) is 23.2 Å². The molecule has 2 aromatic rings. The van der Waals surface area contributed by atoms with Gasteiger partial charge >= 0.3 is 0 Å². The maximum absolute atomic E-state index is 13.7. The molecule has 5 heteroatoms. The Morgan fingerprint density at radius 1 is 1.10 bits per heavy atom. The highest BCUT2D eigenvalue weighted by atomic mass is 19.1. The molecule has 1 aliphatic carbocycles. The first-order valence-corrected chi connectivity index (χ1v) is 10.4. The molecule has 0 amide bonds. The third-order valence-electron chi connectivity index (χ3n) is 7.49. The SMILES string of the molecule is CC1(C)[C@H]2Cc3c(O)cccc3[C@]1(C)CCN2CCCOc1c(F)cccc1F. The van der Waals surface area contributed by atoms with E-state index in [1.54, 1.807) is 6.07 Å². The number of phenolic OH excluding ortho intramolecular Hbond substituents is 1. The van der Waals surface area contributed by atoms with Gasteiger partial charge < -0.3 is 9.84 Å². The summed E-state index contributed by atoms with van der Waals surface area (Å²) in [7, 11) is 0. The molecule has 2 bridgehead atoms. The first-order valence-electron chi connectivity index (χ1n) is 10.4. The Labute approximate surface area is 171 Å². The maximum atomic E-state index is 13.7.